The van der Waals surface area contributed by atoms with Crippen LogP contribution in [0.5, 0.6) is 0 Å². The maximum atomic E-state index is 11.6. The molecule has 1 aliphatic heterocycles. The summed E-state index contributed by atoms with van der Waals surface area (Å²) in [5.74, 6) is 0.737. The first kappa shape index (κ1) is 16.0. The summed E-state index contributed by atoms with van der Waals surface area (Å²) in [5, 5.41) is 8.93. The van der Waals surface area contributed by atoms with Crippen LogP contribution in [-0.4, -0.2) is 37.5 Å². The van der Waals surface area contributed by atoms with Crippen molar-refractivity contribution in [2.75, 3.05) is 19.6 Å². The third kappa shape index (κ3) is 7.82. The lowest BCUT2D eigenvalue weighted by Crippen LogP contribution is -2.34. The summed E-state index contributed by atoms with van der Waals surface area (Å²) in [4.78, 5) is 23.0. The quantitative estimate of drug-likeness (QED) is 0.640. The Balaban J connectivity index is 2.02. The van der Waals surface area contributed by atoms with Gasteiger partial charge in [0.2, 0.25) is 11.8 Å². The SMILES string of the molecule is CC(C)NC(=O)CCNC(=O)CCC1CCNCC1. The summed E-state index contributed by atoms with van der Waals surface area (Å²) < 4.78 is 0. The molecule has 1 rings (SSSR count). The fourth-order valence-electron chi connectivity index (χ4n) is 2.30. The minimum absolute atomic E-state index is 0.00588. The number of piperidine rings is 1. The summed E-state index contributed by atoms with van der Waals surface area (Å²) in [7, 11) is 0. The fourth-order valence-corrected chi connectivity index (χ4v) is 2.30. The van der Waals surface area contributed by atoms with Gasteiger partial charge >= 0.3 is 0 Å². The Hall–Kier alpha value is -1.10. The number of hydrogen-bond acceptors (Lipinski definition) is 3. The van der Waals surface area contributed by atoms with Crippen LogP contribution in [0.2, 0.25) is 0 Å². The molecule has 0 aromatic rings. The van der Waals surface area contributed by atoms with Crippen molar-refractivity contribution in [1.82, 2.24) is 16.0 Å². The maximum Gasteiger partial charge on any atom is 0.221 e. The second-order valence-electron chi connectivity index (χ2n) is 5.55. The van der Waals surface area contributed by atoms with Crippen LogP contribution >= 0.6 is 0 Å². The van der Waals surface area contributed by atoms with Crippen molar-refractivity contribution in [2.24, 2.45) is 5.92 Å². The zero-order valence-corrected chi connectivity index (χ0v) is 12.1. The molecule has 1 aliphatic rings. The van der Waals surface area contributed by atoms with E-state index in [9.17, 15) is 9.59 Å². The Morgan fingerprint density at radius 3 is 2.47 bits per heavy atom. The predicted octanol–water partition coefficient (Wildman–Crippen LogP) is 0.797. The largest absolute Gasteiger partial charge is 0.356 e. The van der Waals surface area contributed by atoms with Crippen LogP contribution in [0.3, 0.4) is 0 Å². The van der Waals surface area contributed by atoms with Gasteiger partial charge in [-0.05, 0) is 52.1 Å². The second-order valence-corrected chi connectivity index (χ2v) is 5.55. The molecule has 0 aromatic heterocycles. The highest BCUT2D eigenvalue weighted by Crippen LogP contribution is 2.17. The van der Waals surface area contributed by atoms with Gasteiger partial charge in [-0.25, -0.2) is 0 Å². The number of carbonyl (C=O) groups is 2. The van der Waals surface area contributed by atoms with Crippen LogP contribution in [0.1, 0.15) is 46.0 Å². The van der Waals surface area contributed by atoms with Gasteiger partial charge < -0.3 is 16.0 Å². The number of hydrogen-bond donors (Lipinski definition) is 3. The van der Waals surface area contributed by atoms with Crippen LogP contribution in [0, 0.1) is 5.92 Å². The minimum atomic E-state index is -0.00588. The van der Waals surface area contributed by atoms with Gasteiger partial charge in [0.15, 0.2) is 0 Å². The van der Waals surface area contributed by atoms with Crippen molar-refractivity contribution in [3.63, 3.8) is 0 Å². The molecule has 5 nitrogen and oxygen atoms in total. The second kappa shape index (κ2) is 8.91. The van der Waals surface area contributed by atoms with E-state index in [0.717, 1.165) is 19.5 Å². The van der Waals surface area contributed by atoms with Crippen LogP contribution in [0.4, 0.5) is 0 Å². The van der Waals surface area contributed by atoms with Crippen molar-refractivity contribution in [3.05, 3.63) is 0 Å². The average molecular weight is 269 g/mol. The lowest BCUT2D eigenvalue weighted by Gasteiger charge is -2.22. The zero-order chi connectivity index (χ0) is 14.1. The highest BCUT2D eigenvalue weighted by atomic mass is 16.2. The summed E-state index contributed by atoms with van der Waals surface area (Å²) in [6.07, 6.45) is 4.24. The molecule has 0 spiro atoms. The van der Waals surface area contributed by atoms with E-state index in [1.807, 2.05) is 13.8 Å². The number of amides is 2. The van der Waals surface area contributed by atoms with Gasteiger partial charge in [-0.2, -0.15) is 0 Å². The van der Waals surface area contributed by atoms with E-state index in [2.05, 4.69) is 16.0 Å². The van der Waals surface area contributed by atoms with Gasteiger partial charge in [0.1, 0.15) is 0 Å². The topological polar surface area (TPSA) is 70.2 Å². The zero-order valence-electron chi connectivity index (χ0n) is 12.1. The molecule has 5 heteroatoms. The summed E-state index contributed by atoms with van der Waals surface area (Å²) in [6, 6.07) is 0.156. The Bertz CT molecular complexity index is 286. The van der Waals surface area contributed by atoms with E-state index in [1.54, 1.807) is 0 Å². The van der Waals surface area contributed by atoms with Gasteiger partial charge in [0.25, 0.3) is 0 Å². The third-order valence-corrected chi connectivity index (χ3v) is 3.36. The molecule has 2 amide bonds. The van der Waals surface area contributed by atoms with Gasteiger partial charge in [-0.1, -0.05) is 0 Å². The first-order chi connectivity index (χ1) is 9.08. The van der Waals surface area contributed by atoms with E-state index in [1.165, 1.54) is 12.8 Å². The van der Waals surface area contributed by atoms with Crippen LogP contribution in [0.15, 0.2) is 0 Å². The number of carbonyl (C=O) groups excluding carboxylic acids is 2. The predicted molar refractivity (Wildman–Crippen MR) is 75.7 cm³/mol. The number of nitrogens with one attached hydrogen (secondary N) is 3. The maximum absolute atomic E-state index is 11.6. The molecule has 0 saturated carbocycles. The summed E-state index contributed by atoms with van der Waals surface area (Å²) >= 11 is 0. The molecule has 0 aromatic carbocycles. The van der Waals surface area contributed by atoms with Crippen LogP contribution in [0.25, 0.3) is 0 Å². The van der Waals surface area contributed by atoms with Gasteiger partial charge in [-0.3, -0.25) is 9.59 Å². The molecule has 3 N–H and O–H groups in total. The third-order valence-electron chi connectivity index (χ3n) is 3.36. The molecule has 0 unspecified atom stereocenters. The molecule has 1 saturated heterocycles. The van der Waals surface area contributed by atoms with E-state index < -0.39 is 0 Å². The van der Waals surface area contributed by atoms with Crippen LogP contribution < -0.4 is 16.0 Å². The van der Waals surface area contributed by atoms with E-state index >= 15 is 0 Å². The van der Waals surface area contributed by atoms with E-state index in [-0.39, 0.29) is 17.9 Å². The van der Waals surface area contributed by atoms with Crippen molar-refractivity contribution in [2.45, 2.75) is 52.0 Å². The monoisotopic (exact) mass is 269 g/mol. The van der Waals surface area contributed by atoms with Gasteiger partial charge in [-0.15, -0.1) is 0 Å². The molecule has 19 heavy (non-hydrogen) atoms. The normalized spacial score (nSPS) is 16.4. The lowest BCUT2D eigenvalue weighted by atomic mass is 9.93. The molecule has 0 radical (unpaired) electrons. The summed E-state index contributed by atoms with van der Waals surface area (Å²) in [5.41, 5.74) is 0. The Morgan fingerprint density at radius 2 is 1.84 bits per heavy atom. The Morgan fingerprint density at radius 1 is 1.16 bits per heavy atom. The Kier molecular flexibility index (Phi) is 7.48. The molecular weight excluding hydrogens is 242 g/mol. The van der Waals surface area contributed by atoms with Crippen molar-refractivity contribution >= 4 is 11.8 Å². The van der Waals surface area contributed by atoms with Gasteiger partial charge in [0, 0.05) is 25.4 Å². The fraction of sp³-hybridized carbons (Fsp3) is 0.857. The first-order valence-electron chi connectivity index (χ1n) is 7.34. The van der Waals surface area contributed by atoms with E-state index in [0.29, 0.717) is 25.3 Å². The summed E-state index contributed by atoms with van der Waals surface area (Å²) in [6.45, 7) is 6.43. The molecule has 1 fully saturated rings. The highest BCUT2D eigenvalue weighted by Gasteiger charge is 2.14. The van der Waals surface area contributed by atoms with Crippen molar-refractivity contribution < 1.29 is 9.59 Å². The average Bonchev–Trinajstić information content (AvgIpc) is 2.36. The molecule has 0 bridgehead atoms. The van der Waals surface area contributed by atoms with Crippen molar-refractivity contribution in [3.8, 4) is 0 Å². The molecular formula is C14H27N3O2. The molecule has 110 valence electrons. The van der Waals surface area contributed by atoms with E-state index in [4.69, 9.17) is 0 Å². The highest BCUT2D eigenvalue weighted by molar-refractivity contribution is 5.79. The Labute approximate surface area is 115 Å². The van der Waals surface area contributed by atoms with Crippen molar-refractivity contribution in [1.29, 1.82) is 0 Å². The molecule has 0 atom stereocenters. The number of rotatable bonds is 7. The minimum Gasteiger partial charge on any atom is -0.356 e. The molecule has 1 heterocycles. The van der Waals surface area contributed by atoms with Gasteiger partial charge in [0.05, 0.1) is 0 Å². The van der Waals surface area contributed by atoms with Crippen LogP contribution in [-0.2, 0) is 9.59 Å². The molecule has 0 aliphatic carbocycles. The lowest BCUT2D eigenvalue weighted by molar-refractivity contribution is -0.122. The standard InChI is InChI=1S/C14H27N3O2/c1-11(2)17-14(19)7-10-16-13(18)4-3-12-5-8-15-9-6-12/h11-12,15H,3-10H2,1-2H3,(H,16,18)(H,17,19). The first-order valence-corrected chi connectivity index (χ1v) is 7.34. The smallest absolute Gasteiger partial charge is 0.221 e.